The van der Waals surface area contributed by atoms with Gasteiger partial charge in [-0.25, -0.2) is 9.97 Å². The molecule has 7 nitrogen and oxygen atoms in total. The van der Waals surface area contributed by atoms with Crippen molar-refractivity contribution in [1.82, 2.24) is 19.9 Å². The van der Waals surface area contributed by atoms with Gasteiger partial charge in [-0.05, 0) is 43.3 Å². The van der Waals surface area contributed by atoms with Crippen LogP contribution in [-0.2, 0) is 13.6 Å². The van der Waals surface area contributed by atoms with E-state index in [-0.39, 0.29) is 11.5 Å². The number of aryl methyl sites for hydroxylation is 2. The summed E-state index contributed by atoms with van der Waals surface area (Å²) in [4.78, 5) is 33.6. The molecule has 0 fully saturated rings. The molecule has 0 bridgehead atoms. The summed E-state index contributed by atoms with van der Waals surface area (Å²) in [6, 6.07) is 14.0. The Labute approximate surface area is 160 Å². The van der Waals surface area contributed by atoms with Crippen molar-refractivity contribution in [2.45, 2.75) is 13.5 Å². The van der Waals surface area contributed by atoms with Crippen LogP contribution in [0.1, 0.15) is 21.9 Å². The highest BCUT2D eigenvalue weighted by molar-refractivity contribution is 5.94. The molecule has 7 heteroatoms. The maximum Gasteiger partial charge on any atom is 0.278 e. The molecule has 0 saturated carbocycles. The number of pyridine rings is 1. The van der Waals surface area contributed by atoms with Crippen molar-refractivity contribution >= 4 is 17.1 Å². The van der Waals surface area contributed by atoms with E-state index >= 15 is 0 Å². The maximum atomic E-state index is 12.6. The molecule has 0 saturated heterocycles. The molecule has 1 aromatic carbocycles. The fourth-order valence-corrected chi connectivity index (χ4v) is 2.97. The molecule has 28 heavy (non-hydrogen) atoms. The fourth-order valence-electron chi connectivity index (χ4n) is 2.97. The molecule has 4 rings (SSSR count). The first-order valence-electron chi connectivity index (χ1n) is 8.78. The predicted molar refractivity (Wildman–Crippen MR) is 105 cm³/mol. The third kappa shape index (κ3) is 3.29. The minimum absolute atomic E-state index is 0.218. The third-order valence-corrected chi connectivity index (χ3v) is 4.46. The van der Waals surface area contributed by atoms with Crippen LogP contribution in [0, 0.1) is 6.92 Å². The van der Waals surface area contributed by atoms with Crippen LogP contribution in [0.4, 0.5) is 0 Å². The van der Waals surface area contributed by atoms with Gasteiger partial charge in [-0.1, -0.05) is 12.1 Å². The molecule has 3 heterocycles. The molecular weight excluding hydrogens is 356 g/mol. The number of aromatic nitrogens is 3. The molecule has 0 aliphatic heterocycles. The van der Waals surface area contributed by atoms with Gasteiger partial charge in [0.15, 0.2) is 5.65 Å². The van der Waals surface area contributed by atoms with Crippen molar-refractivity contribution in [3.8, 4) is 11.3 Å². The number of hydrogen-bond donors (Lipinski definition) is 1. The van der Waals surface area contributed by atoms with Crippen molar-refractivity contribution in [2.75, 3.05) is 0 Å². The molecule has 0 atom stereocenters. The van der Waals surface area contributed by atoms with Gasteiger partial charge >= 0.3 is 0 Å². The number of hydrogen-bond acceptors (Lipinski definition) is 5. The minimum atomic E-state index is -0.239. The van der Waals surface area contributed by atoms with Gasteiger partial charge in [0.25, 0.3) is 11.5 Å². The Bertz CT molecular complexity index is 1220. The molecule has 0 spiro atoms. The number of rotatable bonds is 4. The molecular formula is C21H18N4O3. The molecule has 4 aromatic rings. The number of amides is 1. The number of carbonyl (C=O) groups is 1. The molecule has 140 valence electrons. The average molecular weight is 374 g/mol. The van der Waals surface area contributed by atoms with Crippen molar-refractivity contribution in [3.05, 3.63) is 82.2 Å². The summed E-state index contributed by atoms with van der Waals surface area (Å²) >= 11 is 0. The summed E-state index contributed by atoms with van der Waals surface area (Å²) in [5.74, 6) is 1.28. The zero-order valence-corrected chi connectivity index (χ0v) is 15.5. The van der Waals surface area contributed by atoms with Gasteiger partial charge in [-0.3, -0.25) is 14.2 Å². The van der Waals surface area contributed by atoms with E-state index in [2.05, 4.69) is 15.3 Å². The summed E-state index contributed by atoms with van der Waals surface area (Å²) in [5, 5.41) is 2.81. The second-order valence-electron chi connectivity index (χ2n) is 6.44. The molecule has 0 unspecified atom stereocenters. The van der Waals surface area contributed by atoms with E-state index in [0.717, 1.165) is 5.76 Å². The lowest BCUT2D eigenvalue weighted by Crippen LogP contribution is -2.23. The Kier molecular flexibility index (Phi) is 4.49. The first-order chi connectivity index (χ1) is 13.5. The highest BCUT2D eigenvalue weighted by atomic mass is 16.3. The summed E-state index contributed by atoms with van der Waals surface area (Å²) in [7, 11) is 1.67. The largest absolute Gasteiger partial charge is 0.465 e. The van der Waals surface area contributed by atoms with Crippen LogP contribution in [0.15, 0.2) is 63.9 Å². The lowest BCUT2D eigenvalue weighted by molar-refractivity contribution is 0.0948. The number of nitrogens with zero attached hydrogens (tertiary/aromatic N) is 3. The SMILES string of the molecule is Cc1ccc(CNC(=O)c2ccc(-c3nc4cccnc4n(C)c3=O)cc2)o1. The molecule has 1 amide bonds. The number of benzene rings is 1. The van der Waals surface area contributed by atoms with Crippen LogP contribution in [0.25, 0.3) is 22.4 Å². The first-order valence-corrected chi connectivity index (χ1v) is 8.78. The van der Waals surface area contributed by atoms with E-state index in [1.807, 2.05) is 25.1 Å². The Morgan fingerprint density at radius 2 is 1.93 bits per heavy atom. The molecule has 0 aliphatic rings. The Balaban J connectivity index is 1.58. The predicted octanol–water partition coefficient (Wildman–Crippen LogP) is 2.83. The smallest absolute Gasteiger partial charge is 0.278 e. The van der Waals surface area contributed by atoms with Gasteiger partial charge in [0.1, 0.15) is 22.7 Å². The number of carbonyl (C=O) groups excluding carboxylic acids is 1. The molecule has 3 aromatic heterocycles. The lowest BCUT2D eigenvalue weighted by Gasteiger charge is -2.08. The van der Waals surface area contributed by atoms with E-state index in [1.54, 1.807) is 43.6 Å². The quantitative estimate of drug-likeness (QED) is 0.593. The summed E-state index contributed by atoms with van der Waals surface area (Å²) in [5.41, 5.74) is 2.38. The Hall–Kier alpha value is -3.74. The van der Waals surface area contributed by atoms with Gasteiger partial charge < -0.3 is 9.73 Å². The molecule has 0 radical (unpaired) electrons. The maximum absolute atomic E-state index is 12.6. The topological polar surface area (TPSA) is 90.0 Å². The van der Waals surface area contributed by atoms with Crippen LogP contribution >= 0.6 is 0 Å². The zero-order chi connectivity index (χ0) is 19.7. The number of fused-ring (bicyclic) bond motifs is 1. The summed E-state index contributed by atoms with van der Waals surface area (Å²) < 4.78 is 6.92. The van der Waals surface area contributed by atoms with Crippen LogP contribution in [0.5, 0.6) is 0 Å². The summed E-state index contributed by atoms with van der Waals surface area (Å²) in [6.45, 7) is 2.17. The molecule has 1 N–H and O–H groups in total. The zero-order valence-electron chi connectivity index (χ0n) is 15.5. The van der Waals surface area contributed by atoms with Gasteiger partial charge in [0.05, 0.1) is 6.54 Å². The van der Waals surface area contributed by atoms with Crippen LogP contribution < -0.4 is 10.9 Å². The average Bonchev–Trinajstić information content (AvgIpc) is 3.14. The normalized spacial score (nSPS) is 10.9. The highest BCUT2D eigenvalue weighted by Crippen LogP contribution is 2.17. The van der Waals surface area contributed by atoms with Crippen molar-refractivity contribution < 1.29 is 9.21 Å². The molecule has 0 aliphatic carbocycles. The standard InChI is InChI=1S/C21H18N4O3/c1-13-5-10-16(28-13)12-23-20(26)15-8-6-14(7-9-15)18-21(27)25(2)19-17(24-18)4-3-11-22-19/h3-11H,12H2,1-2H3,(H,23,26). The van der Waals surface area contributed by atoms with Gasteiger partial charge in [0.2, 0.25) is 0 Å². The highest BCUT2D eigenvalue weighted by Gasteiger charge is 2.13. The Morgan fingerprint density at radius 3 is 2.64 bits per heavy atom. The van der Waals surface area contributed by atoms with Gasteiger partial charge in [-0.15, -0.1) is 0 Å². The second-order valence-corrected chi connectivity index (χ2v) is 6.44. The Morgan fingerprint density at radius 1 is 1.14 bits per heavy atom. The van der Waals surface area contributed by atoms with Crippen LogP contribution in [0.2, 0.25) is 0 Å². The fraction of sp³-hybridized carbons (Fsp3) is 0.143. The van der Waals surface area contributed by atoms with E-state index < -0.39 is 0 Å². The van der Waals surface area contributed by atoms with Crippen molar-refractivity contribution in [2.24, 2.45) is 7.05 Å². The van der Waals surface area contributed by atoms with Crippen molar-refractivity contribution in [3.63, 3.8) is 0 Å². The lowest BCUT2D eigenvalue weighted by atomic mass is 10.1. The second kappa shape index (κ2) is 7.11. The van der Waals surface area contributed by atoms with Gasteiger partial charge in [0, 0.05) is 24.4 Å². The van der Waals surface area contributed by atoms with Crippen molar-refractivity contribution in [1.29, 1.82) is 0 Å². The van der Waals surface area contributed by atoms with E-state index in [9.17, 15) is 9.59 Å². The monoisotopic (exact) mass is 374 g/mol. The van der Waals surface area contributed by atoms with E-state index in [1.165, 1.54) is 4.57 Å². The summed E-state index contributed by atoms with van der Waals surface area (Å²) in [6.07, 6.45) is 1.63. The minimum Gasteiger partial charge on any atom is -0.465 e. The van der Waals surface area contributed by atoms with Crippen LogP contribution in [0.3, 0.4) is 0 Å². The number of furan rings is 1. The van der Waals surface area contributed by atoms with Crippen LogP contribution in [-0.4, -0.2) is 20.4 Å². The number of nitrogens with one attached hydrogen (secondary N) is 1. The van der Waals surface area contributed by atoms with E-state index in [0.29, 0.717) is 40.3 Å². The van der Waals surface area contributed by atoms with Gasteiger partial charge in [-0.2, -0.15) is 0 Å². The van der Waals surface area contributed by atoms with E-state index in [4.69, 9.17) is 4.42 Å². The first kappa shape index (κ1) is 17.7. The third-order valence-electron chi connectivity index (χ3n) is 4.46.